The van der Waals surface area contributed by atoms with Crippen molar-refractivity contribution in [3.63, 3.8) is 0 Å². The smallest absolute Gasteiger partial charge is 0.165 e. The average Bonchev–Trinajstić information content (AvgIpc) is 2.47. The molecule has 3 aromatic rings. The summed E-state index contributed by atoms with van der Waals surface area (Å²) >= 11 is 0. The lowest BCUT2D eigenvalue weighted by Crippen LogP contribution is -2.05. The van der Waals surface area contributed by atoms with E-state index < -0.39 is 0 Å². The lowest BCUT2D eigenvalue weighted by Gasteiger charge is -2.11. The maximum Gasteiger partial charge on any atom is 0.165 e. The Morgan fingerprint density at radius 3 is 2.50 bits per heavy atom. The van der Waals surface area contributed by atoms with E-state index in [0.29, 0.717) is 0 Å². The van der Waals surface area contributed by atoms with E-state index in [4.69, 9.17) is 4.84 Å². The van der Waals surface area contributed by atoms with Crippen LogP contribution in [0.2, 0.25) is 0 Å². The molecule has 0 saturated heterocycles. The van der Waals surface area contributed by atoms with Crippen LogP contribution in [0.15, 0.2) is 54.7 Å². The number of hydrogen-bond acceptors (Lipinski definition) is 3. The molecule has 3 rings (SSSR count). The van der Waals surface area contributed by atoms with Crippen molar-refractivity contribution in [2.45, 2.75) is 13.8 Å². The lowest BCUT2D eigenvalue weighted by atomic mass is 10.1. The van der Waals surface area contributed by atoms with E-state index in [1.165, 1.54) is 11.1 Å². The summed E-state index contributed by atoms with van der Waals surface area (Å²) in [6.07, 6.45) is 1.76. The van der Waals surface area contributed by atoms with Gasteiger partial charge in [-0.3, -0.25) is 4.98 Å². The summed E-state index contributed by atoms with van der Waals surface area (Å²) in [5.41, 5.74) is 7.29. The van der Waals surface area contributed by atoms with Crippen molar-refractivity contribution in [1.82, 2.24) is 4.98 Å². The monoisotopic (exact) mass is 264 g/mol. The number of aromatic nitrogens is 1. The third-order valence-electron chi connectivity index (χ3n) is 3.37. The Labute approximate surface area is 118 Å². The summed E-state index contributed by atoms with van der Waals surface area (Å²) in [6.45, 7) is 4.18. The standard InChI is InChI=1S/C17H16N2O/c1-12-10-15-16(11-13(12)2)18-9-8-17(15)20-19-14-6-4-3-5-7-14/h3-11,19H,1-2H3. The Bertz CT molecular complexity index is 739. The number of nitrogens with one attached hydrogen (secondary N) is 1. The third-order valence-corrected chi connectivity index (χ3v) is 3.37. The first-order valence-corrected chi connectivity index (χ1v) is 6.58. The topological polar surface area (TPSA) is 34.1 Å². The molecular weight excluding hydrogens is 248 g/mol. The molecule has 100 valence electrons. The predicted octanol–water partition coefficient (Wildman–Crippen LogP) is 4.26. The SMILES string of the molecule is Cc1cc2nccc(ONc3ccccc3)c2cc1C. The van der Waals surface area contributed by atoms with Crippen molar-refractivity contribution < 1.29 is 4.84 Å². The van der Waals surface area contributed by atoms with E-state index in [2.05, 4.69) is 36.4 Å². The first-order valence-electron chi connectivity index (χ1n) is 6.58. The fourth-order valence-corrected chi connectivity index (χ4v) is 2.09. The summed E-state index contributed by atoms with van der Waals surface area (Å²) in [5.74, 6) is 0.780. The number of para-hydroxylation sites is 1. The Morgan fingerprint density at radius 1 is 0.950 bits per heavy atom. The second kappa shape index (κ2) is 5.21. The molecule has 1 heterocycles. The van der Waals surface area contributed by atoms with E-state index in [1.807, 2.05) is 36.4 Å². The second-order valence-corrected chi connectivity index (χ2v) is 4.83. The lowest BCUT2D eigenvalue weighted by molar-refractivity contribution is 0.409. The highest BCUT2D eigenvalue weighted by Gasteiger charge is 2.06. The molecule has 0 radical (unpaired) electrons. The molecule has 0 aliphatic heterocycles. The minimum absolute atomic E-state index is 0.780. The van der Waals surface area contributed by atoms with E-state index in [1.54, 1.807) is 6.20 Å². The van der Waals surface area contributed by atoms with Crippen molar-refractivity contribution in [1.29, 1.82) is 0 Å². The van der Waals surface area contributed by atoms with Crippen molar-refractivity contribution in [2.75, 3.05) is 5.48 Å². The van der Waals surface area contributed by atoms with Crippen LogP contribution >= 0.6 is 0 Å². The van der Waals surface area contributed by atoms with Gasteiger partial charge in [0.2, 0.25) is 0 Å². The quantitative estimate of drug-likeness (QED) is 0.718. The molecule has 1 N–H and O–H groups in total. The van der Waals surface area contributed by atoms with E-state index in [-0.39, 0.29) is 0 Å². The van der Waals surface area contributed by atoms with Gasteiger partial charge >= 0.3 is 0 Å². The molecule has 0 fully saturated rings. The van der Waals surface area contributed by atoms with Gasteiger partial charge in [-0.1, -0.05) is 18.2 Å². The minimum Gasteiger partial charge on any atom is -0.381 e. The van der Waals surface area contributed by atoms with Gasteiger partial charge in [-0.05, 0) is 49.2 Å². The van der Waals surface area contributed by atoms with Gasteiger partial charge in [0.05, 0.1) is 11.2 Å². The largest absolute Gasteiger partial charge is 0.381 e. The Morgan fingerprint density at radius 2 is 1.70 bits per heavy atom. The molecule has 0 unspecified atom stereocenters. The number of aryl methyl sites for hydroxylation is 2. The fraction of sp³-hybridized carbons (Fsp3) is 0.118. The Balaban J connectivity index is 1.93. The van der Waals surface area contributed by atoms with Crippen LogP contribution in [0.25, 0.3) is 10.9 Å². The van der Waals surface area contributed by atoms with E-state index >= 15 is 0 Å². The number of hydrogen-bond donors (Lipinski definition) is 1. The first kappa shape index (κ1) is 12.5. The fourth-order valence-electron chi connectivity index (χ4n) is 2.09. The van der Waals surface area contributed by atoms with Gasteiger partial charge in [0.25, 0.3) is 0 Å². The van der Waals surface area contributed by atoms with Crippen LogP contribution < -0.4 is 10.3 Å². The van der Waals surface area contributed by atoms with Crippen LogP contribution in [0.5, 0.6) is 5.75 Å². The van der Waals surface area contributed by atoms with Crippen LogP contribution in [0, 0.1) is 13.8 Å². The normalized spacial score (nSPS) is 10.5. The highest BCUT2D eigenvalue weighted by atomic mass is 16.6. The number of anilines is 1. The molecule has 0 amide bonds. The number of pyridine rings is 1. The molecule has 0 bridgehead atoms. The summed E-state index contributed by atoms with van der Waals surface area (Å²) in [4.78, 5) is 10.1. The van der Waals surface area contributed by atoms with Crippen LogP contribution in [0.4, 0.5) is 5.69 Å². The Kier molecular flexibility index (Phi) is 3.25. The molecule has 0 atom stereocenters. The molecular formula is C17H16N2O. The Hall–Kier alpha value is -2.55. The third kappa shape index (κ3) is 2.43. The molecule has 3 nitrogen and oxygen atoms in total. The van der Waals surface area contributed by atoms with Crippen molar-refractivity contribution >= 4 is 16.6 Å². The van der Waals surface area contributed by atoms with Gasteiger partial charge in [0.1, 0.15) is 0 Å². The minimum atomic E-state index is 0.780. The molecule has 20 heavy (non-hydrogen) atoms. The molecule has 0 aliphatic rings. The van der Waals surface area contributed by atoms with Crippen molar-refractivity contribution in [2.24, 2.45) is 0 Å². The number of fused-ring (bicyclic) bond motifs is 1. The number of rotatable bonds is 3. The molecule has 2 aromatic carbocycles. The maximum atomic E-state index is 5.71. The summed E-state index contributed by atoms with van der Waals surface area (Å²) in [5, 5.41) is 1.01. The second-order valence-electron chi connectivity index (χ2n) is 4.83. The zero-order valence-corrected chi connectivity index (χ0v) is 11.6. The van der Waals surface area contributed by atoms with Crippen LogP contribution in [-0.2, 0) is 0 Å². The first-order chi connectivity index (χ1) is 9.74. The molecule has 0 saturated carbocycles. The van der Waals surface area contributed by atoms with Crippen LogP contribution in [-0.4, -0.2) is 4.98 Å². The number of nitrogens with zero attached hydrogens (tertiary/aromatic N) is 1. The van der Waals surface area contributed by atoms with Crippen molar-refractivity contribution in [3.05, 3.63) is 65.9 Å². The zero-order valence-electron chi connectivity index (χ0n) is 11.6. The maximum absolute atomic E-state index is 5.71. The summed E-state index contributed by atoms with van der Waals surface area (Å²) in [6, 6.07) is 15.9. The van der Waals surface area contributed by atoms with Crippen LogP contribution in [0.3, 0.4) is 0 Å². The van der Waals surface area contributed by atoms with Gasteiger partial charge in [-0.15, -0.1) is 0 Å². The predicted molar refractivity (Wildman–Crippen MR) is 81.9 cm³/mol. The highest BCUT2D eigenvalue weighted by molar-refractivity contribution is 5.86. The summed E-state index contributed by atoms with van der Waals surface area (Å²) < 4.78 is 0. The van der Waals surface area contributed by atoms with Gasteiger partial charge < -0.3 is 4.84 Å². The van der Waals surface area contributed by atoms with E-state index in [0.717, 1.165) is 22.3 Å². The number of benzene rings is 2. The summed E-state index contributed by atoms with van der Waals surface area (Å²) in [7, 11) is 0. The van der Waals surface area contributed by atoms with Gasteiger partial charge in [0.15, 0.2) is 5.75 Å². The zero-order chi connectivity index (χ0) is 13.9. The highest BCUT2D eigenvalue weighted by Crippen LogP contribution is 2.26. The van der Waals surface area contributed by atoms with Gasteiger partial charge in [-0.25, -0.2) is 5.48 Å². The van der Waals surface area contributed by atoms with Crippen molar-refractivity contribution in [3.8, 4) is 5.75 Å². The van der Waals surface area contributed by atoms with E-state index in [9.17, 15) is 0 Å². The molecule has 1 aromatic heterocycles. The average molecular weight is 264 g/mol. The molecule has 0 spiro atoms. The van der Waals surface area contributed by atoms with Gasteiger partial charge in [-0.2, -0.15) is 0 Å². The van der Waals surface area contributed by atoms with Crippen LogP contribution in [0.1, 0.15) is 11.1 Å². The van der Waals surface area contributed by atoms with Gasteiger partial charge in [0, 0.05) is 17.6 Å². The molecule has 0 aliphatic carbocycles. The molecule has 3 heteroatoms.